The minimum absolute atomic E-state index is 0.0684. The van der Waals surface area contributed by atoms with E-state index in [0.29, 0.717) is 5.69 Å². The number of imidazole rings is 1. The van der Waals surface area contributed by atoms with Gasteiger partial charge in [0.05, 0.1) is 12.5 Å². The first-order valence-electron chi connectivity index (χ1n) is 8.65. The Morgan fingerprint density at radius 1 is 1.16 bits per heavy atom. The lowest BCUT2D eigenvalue weighted by Gasteiger charge is -2.22. The van der Waals surface area contributed by atoms with Gasteiger partial charge in [-0.3, -0.25) is 9.69 Å². The van der Waals surface area contributed by atoms with E-state index in [1.807, 2.05) is 43.2 Å². The Labute approximate surface area is 148 Å². The zero-order valence-corrected chi connectivity index (χ0v) is 15.2. The number of amides is 1. The molecular formula is C18H26N6O. The number of aromatic nitrogens is 3. The summed E-state index contributed by atoms with van der Waals surface area (Å²) in [7, 11) is 5.84. The van der Waals surface area contributed by atoms with E-state index in [2.05, 4.69) is 20.9 Å². The number of nitrogens with zero attached hydrogens (tertiary/aromatic N) is 6. The maximum absolute atomic E-state index is 12.6. The lowest BCUT2D eigenvalue weighted by molar-refractivity contribution is 0.0751. The van der Waals surface area contributed by atoms with Gasteiger partial charge in [-0.25, -0.2) is 9.97 Å². The molecule has 25 heavy (non-hydrogen) atoms. The van der Waals surface area contributed by atoms with Gasteiger partial charge >= 0.3 is 0 Å². The second kappa shape index (κ2) is 7.65. The van der Waals surface area contributed by atoms with Crippen LogP contribution >= 0.6 is 0 Å². The van der Waals surface area contributed by atoms with Crippen molar-refractivity contribution in [2.24, 2.45) is 7.05 Å². The summed E-state index contributed by atoms with van der Waals surface area (Å²) in [6.07, 6.45) is 6.23. The van der Waals surface area contributed by atoms with Gasteiger partial charge in [0, 0.05) is 60.1 Å². The van der Waals surface area contributed by atoms with Crippen LogP contribution in [0.2, 0.25) is 0 Å². The van der Waals surface area contributed by atoms with Crippen molar-refractivity contribution in [2.75, 3.05) is 45.2 Å². The van der Waals surface area contributed by atoms with Crippen molar-refractivity contribution < 1.29 is 4.79 Å². The van der Waals surface area contributed by atoms with E-state index in [1.54, 1.807) is 17.1 Å². The second-order valence-electron chi connectivity index (χ2n) is 6.73. The Morgan fingerprint density at radius 3 is 2.64 bits per heavy atom. The summed E-state index contributed by atoms with van der Waals surface area (Å²) in [5.74, 6) is 1.03. The average molecular weight is 342 g/mol. The van der Waals surface area contributed by atoms with Gasteiger partial charge in [-0.1, -0.05) is 6.07 Å². The van der Waals surface area contributed by atoms with E-state index in [1.165, 1.54) is 5.56 Å². The molecule has 0 spiro atoms. The molecule has 0 atom stereocenters. The predicted octanol–water partition coefficient (Wildman–Crippen LogP) is 1.23. The van der Waals surface area contributed by atoms with Crippen LogP contribution in [-0.2, 0) is 13.6 Å². The first-order chi connectivity index (χ1) is 12.0. The van der Waals surface area contributed by atoms with Gasteiger partial charge in [0.2, 0.25) is 0 Å². The zero-order valence-electron chi connectivity index (χ0n) is 15.2. The first-order valence-corrected chi connectivity index (χ1v) is 8.65. The van der Waals surface area contributed by atoms with E-state index < -0.39 is 0 Å². The highest BCUT2D eigenvalue weighted by Crippen LogP contribution is 2.13. The van der Waals surface area contributed by atoms with Crippen molar-refractivity contribution in [1.29, 1.82) is 0 Å². The summed E-state index contributed by atoms with van der Waals surface area (Å²) >= 11 is 0. The molecule has 0 aliphatic carbocycles. The summed E-state index contributed by atoms with van der Waals surface area (Å²) in [6, 6.07) is 4.18. The van der Waals surface area contributed by atoms with E-state index in [9.17, 15) is 4.79 Å². The Kier molecular flexibility index (Phi) is 5.33. The van der Waals surface area contributed by atoms with Crippen LogP contribution in [0.25, 0.3) is 0 Å². The Balaban J connectivity index is 1.58. The number of carbonyl (C=O) groups is 1. The molecular weight excluding hydrogens is 316 g/mol. The van der Waals surface area contributed by atoms with Crippen LogP contribution in [0.15, 0.2) is 30.9 Å². The van der Waals surface area contributed by atoms with E-state index >= 15 is 0 Å². The molecule has 1 aliphatic heterocycles. The molecule has 134 valence electrons. The van der Waals surface area contributed by atoms with Crippen LogP contribution in [0.5, 0.6) is 0 Å². The van der Waals surface area contributed by atoms with E-state index in [4.69, 9.17) is 0 Å². The molecule has 2 aromatic heterocycles. The van der Waals surface area contributed by atoms with Crippen molar-refractivity contribution in [3.05, 3.63) is 42.1 Å². The molecule has 0 N–H and O–H groups in total. The maximum Gasteiger partial charge on any atom is 0.272 e. The maximum atomic E-state index is 12.6. The molecule has 3 rings (SSSR count). The third-order valence-electron chi connectivity index (χ3n) is 4.59. The highest BCUT2D eigenvalue weighted by Gasteiger charge is 2.22. The minimum Gasteiger partial charge on any atom is -0.363 e. The molecule has 0 saturated carbocycles. The molecule has 0 aromatic carbocycles. The molecule has 0 bridgehead atoms. The fourth-order valence-electron chi connectivity index (χ4n) is 3.09. The highest BCUT2D eigenvalue weighted by atomic mass is 16.2. The fourth-order valence-corrected chi connectivity index (χ4v) is 3.09. The quantitative estimate of drug-likeness (QED) is 0.836. The van der Waals surface area contributed by atoms with Gasteiger partial charge in [-0.15, -0.1) is 0 Å². The van der Waals surface area contributed by atoms with Crippen LogP contribution in [0.4, 0.5) is 5.82 Å². The number of aryl methyl sites for hydroxylation is 1. The molecule has 7 heteroatoms. The van der Waals surface area contributed by atoms with E-state index in [-0.39, 0.29) is 5.91 Å². The number of pyridine rings is 1. The summed E-state index contributed by atoms with van der Waals surface area (Å²) in [5, 5.41) is 0. The third kappa shape index (κ3) is 4.17. The molecule has 1 aliphatic rings. The van der Waals surface area contributed by atoms with Crippen LogP contribution in [0, 0.1) is 0 Å². The van der Waals surface area contributed by atoms with Crippen molar-refractivity contribution in [2.45, 2.75) is 13.0 Å². The summed E-state index contributed by atoms with van der Waals surface area (Å²) in [6.45, 7) is 4.27. The summed E-state index contributed by atoms with van der Waals surface area (Å²) < 4.78 is 1.78. The number of carbonyl (C=O) groups excluding carboxylic acids is 1. The van der Waals surface area contributed by atoms with Crippen LogP contribution in [0.3, 0.4) is 0 Å². The topological polar surface area (TPSA) is 57.5 Å². The summed E-state index contributed by atoms with van der Waals surface area (Å²) in [4.78, 5) is 27.5. The fraction of sp³-hybridized carbons (Fsp3) is 0.500. The SMILES string of the molecule is CN(C)c1ccc(CN2CCCN(C(=O)c3cncn3C)CC2)cn1. The van der Waals surface area contributed by atoms with E-state index in [0.717, 1.165) is 45.0 Å². The predicted molar refractivity (Wildman–Crippen MR) is 97.6 cm³/mol. The molecule has 1 amide bonds. The number of anilines is 1. The first kappa shape index (κ1) is 17.4. The lowest BCUT2D eigenvalue weighted by atomic mass is 10.2. The monoisotopic (exact) mass is 342 g/mol. The molecule has 1 fully saturated rings. The Morgan fingerprint density at radius 2 is 2.00 bits per heavy atom. The molecule has 2 aromatic rings. The minimum atomic E-state index is 0.0684. The number of hydrogen-bond donors (Lipinski definition) is 0. The normalized spacial score (nSPS) is 15.9. The largest absolute Gasteiger partial charge is 0.363 e. The average Bonchev–Trinajstić information content (AvgIpc) is 2.89. The van der Waals surface area contributed by atoms with Gasteiger partial charge in [0.1, 0.15) is 11.5 Å². The highest BCUT2D eigenvalue weighted by molar-refractivity contribution is 5.92. The number of hydrogen-bond acceptors (Lipinski definition) is 5. The van der Waals surface area contributed by atoms with Crippen molar-refractivity contribution in [3.8, 4) is 0 Å². The smallest absolute Gasteiger partial charge is 0.272 e. The van der Waals surface area contributed by atoms with Gasteiger partial charge in [0.15, 0.2) is 0 Å². The van der Waals surface area contributed by atoms with Gasteiger partial charge in [-0.2, -0.15) is 0 Å². The van der Waals surface area contributed by atoms with Crippen molar-refractivity contribution >= 4 is 11.7 Å². The van der Waals surface area contributed by atoms with Gasteiger partial charge < -0.3 is 14.4 Å². The molecule has 1 saturated heterocycles. The van der Waals surface area contributed by atoms with Crippen LogP contribution in [0.1, 0.15) is 22.5 Å². The molecule has 7 nitrogen and oxygen atoms in total. The standard InChI is InChI=1S/C18H26N6O/c1-21(2)17-6-5-15(11-20-17)13-23-7-4-8-24(10-9-23)18(25)16-12-19-14-22(16)3/h5-6,11-12,14H,4,7-10,13H2,1-3H3. The van der Waals surface area contributed by atoms with Crippen molar-refractivity contribution in [1.82, 2.24) is 24.3 Å². The summed E-state index contributed by atoms with van der Waals surface area (Å²) in [5.41, 5.74) is 1.86. The van der Waals surface area contributed by atoms with Crippen molar-refractivity contribution in [3.63, 3.8) is 0 Å². The Hall–Kier alpha value is -2.41. The Bertz CT molecular complexity index is 709. The van der Waals surface area contributed by atoms with Gasteiger partial charge in [-0.05, 0) is 18.1 Å². The molecule has 3 heterocycles. The lowest BCUT2D eigenvalue weighted by Crippen LogP contribution is -2.35. The zero-order chi connectivity index (χ0) is 17.8. The molecule has 0 radical (unpaired) electrons. The second-order valence-corrected chi connectivity index (χ2v) is 6.73. The number of rotatable bonds is 4. The third-order valence-corrected chi connectivity index (χ3v) is 4.59. The van der Waals surface area contributed by atoms with Gasteiger partial charge in [0.25, 0.3) is 5.91 Å². The molecule has 0 unspecified atom stereocenters. The van der Waals surface area contributed by atoms with Crippen LogP contribution in [-0.4, -0.2) is 70.5 Å². The van der Waals surface area contributed by atoms with Crippen LogP contribution < -0.4 is 4.90 Å².